The molecule has 0 bridgehead atoms. The van der Waals surface area contributed by atoms with Crippen LogP contribution in [-0.2, 0) is 19.1 Å². The summed E-state index contributed by atoms with van der Waals surface area (Å²) in [5.41, 5.74) is 0. The fraction of sp³-hybridized carbons (Fsp3) is 0.778. The van der Waals surface area contributed by atoms with Crippen LogP contribution in [0.25, 0.3) is 0 Å². The van der Waals surface area contributed by atoms with E-state index in [2.05, 4.69) is 4.74 Å². The van der Waals surface area contributed by atoms with Gasteiger partial charge in [-0.1, -0.05) is 13.8 Å². The Balaban J connectivity index is 2.24. The predicted octanol–water partition coefficient (Wildman–Crippen LogP) is 0.891. The normalized spacial score (nSPS) is 21.8. The van der Waals surface area contributed by atoms with Gasteiger partial charge in [0.25, 0.3) is 0 Å². The van der Waals surface area contributed by atoms with Gasteiger partial charge in [0.2, 0.25) is 0 Å². The zero-order valence-electron chi connectivity index (χ0n) is 7.91. The number of carbonyl (C=O) groups is 2. The first-order valence-corrected chi connectivity index (χ1v) is 4.43. The van der Waals surface area contributed by atoms with Gasteiger partial charge in [-0.2, -0.15) is 0 Å². The summed E-state index contributed by atoms with van der Waals surface area (Å²) in [5, 5.41) is 0. The van der Waals surface area contributed by atoms with Gasteiger partial charge >= 0.3 is 11.9 Å². The summed E-state index contributed by atoms with van der Waals surface area (Å²) < 4.78 is 9.66. The van der Waals surface area contributed by atoms with E-state index >= 15 is 0 Å². The molecule has 1 fully saturated rings. The smallest absolute Gasteiger partial charge is 0.309 e. The van der Waals surface area contributed by atoms with E-state index in [9.17, 15) is 9.59 Å². The first-order chi connectivity index (χ1) is 6.08. The van der Waals surface area contributed by atoms with Crippen LogP contribution in [0.1, 0.15) is 26.7 Å². The summed E-state index contributed by atoms with van der Waals surface area (Å²) in [4.78, 5) is 21.8. The molecule has 0 N–H and O–H groups in total. The predicted molar refractivity (Wildman–Crippen MR) is 44.9 cm³/mol. The number of carbonyl (C=O) groups excluding carboxylic acids is 2. The van der Waals surface area contributed by atoms with Crippen LogP contribution < -0.4 is 0 Å². The third-order valence-electron chi connectivity index (χ3n) is 1.70. The Morgan fingerprint density at radius 3 is 2.85 bits per heavy atom. The molecule has 1 aliphatic rings. The van der Waals surface area contributed by atoms with Gasteiger partial charge in [-0.25, -0.2) is 0 Å². The van der Waals surface area contributed by atoms with Gasteiger partial charge < -0.3 is 9.47 Å². The lowest BCUT2D eigenvalue weighted by molar-refractivity contribution is -0.149. The van der Waals surface area contributed by atoms with E-state index in [0.717, 1.165) is 0 Å². The number of hydrogen-bond donors (Lipinski definition) is 0. The van der Waals surface area contributed by atoms with Crippen molar-refractivity contribution in [2.75, 3.05) is 6.61 Å². The summed E-state index contributed by atoms with van der Waals surface area (Å²) in [6.07, 6.45) is 0.230. The number of rotatable bonds is 3. The molecule has 0 aromatic carbocycles. The molecular formula is C9H14O4. The number of hydrogen-bond acceptors (Lipinski definition) is 4. The Hall–Kier alpha value is -1.06. The van der Waals surface area contributed by atoms with Gasteiger partial charge in [0, 0.05) is 6.42 Å². The minimum atomic E-state index is -0.362. The monoisotopic (exact) mass is 186 g/mol. The molecule has 0 saturated carbocycles. The Morgan fingerprint density at radius 1 is 1.69 bits per heavy atom. The van der Waals surface area contributed by atoms with Gasteiger partial charge in [0.15, 0.2) is 0 Å². The zero-order chi connectivity index (χ0) is 9.84. The Kier molecular flexibility index (Phi) is 3.28. The Labute approximate surface area is 77.2 Å². The fourth-order valence-electron chi connectivity index (χ4n) is 1.13. The van der Waals surface area contributed by atoms with Crippen molar-refractivity contribution >= 4 is 11.9 Å². The van der Waals surface area contributed by atoms with Crippen LogP contribution in [-0.4, -0.2) is 24.6 Å². The van der Waals surface area contributed by atoms with Crippen molar-refractivity contribution in [1.29, 1.82) is 0 Å². The van der Waals surface area contributed by atoms with Gasteiger partial charge in [-0.05, 0) is 5.92 Å². The van der Waals surface area contributed by atoms with Crippen LogP contribution in [0.4, 0.5) is 0 Å². The zero-order valence-corrected chi connectivity index (χ0v) is 7.91. The average Bonchev–Trinajstić information content (AvgIpc) is 2.33. The lowest BCUT2D eigenvalue weighted by atomic mass is 10.1. The highest BCUT2D eigenvalue weighted by molar-refractivity contribution is 5.74. The molecule has 0 aromatic rings. The largest absolute Gasteiger partial charge is 0.462 e. The van der Waals surface area contributed by atoms with Crippen LogP contribution in [0, 0.1) is 5.92 Å². The molecule has 1 rings (SSSR count). The van der Waals surface area contributed by atoms with Crippen LogP contribution in [0.3, 0.4) is 0 Å². The second-order valence-electron chi connectivity index (χ2n) is 3.60. The molecule has 0 aliphatic carbocycles. The molecule has 1 unspecified atom stereocenters. The van der Waals surface area contributed by atoms with Crippen molar-refractivity contribution in [3.63, 3.8) is 0 Å². The summed E-state index contributed by atoms with van der Waals surface area (Å²) in [5.74, 6) is -0.258. The summed E-state index contributed by atoms with van der Waals surface area (Å²) in [6, 6.07) is 0. The maximum absolute atomic E-state index is 11.1. The molecule has 74 valence electrons. The van der Waals surface area contributed by atoms with E-state index in [1.807, 2.05) is 13.8 Å². The van der Waals surface area contributed by atoms with Crippen molar-refractivity contribution in [3.05, 3.63) is 0 Å². The molecular weight excluding hydrogens is 172 g/mol. The minimum Gasteiger partial charge on any atom is -0.462 e. The van der Waals surface area contributed by atoms with E-state index in [1.54, 1.807) is 0 Å². The SMILES string of the molecule is CC(C)CC(=O)OC1COC(=O)C1. The van der Waals surface area contributed by atoms with Gasteiger partial charge in [0.05, 0.1) is 6.42 Å². The van der Waals surface area contributed by atoms with Crippen LogP contribution in [0.15, 0.2) is 0 Å². The van der Waals surface area contributed by atoms with Gasteiger partial charge in [-0.3, -0.25) is 9.59 Å². The third-order valence-corrected chi connectivity index (χ3v) is 1.70. The van der Waals surface area contributed by atoms with Crippen molar-refractivity contribution in [2.45, 2.75) is 32.8 Å². The second-order valence-corrected chi connectivity index (χ2v) is 3.60. The van der Waals surface area contributed by atoms with Gasteiger partial charge in [-0.15, -0.1) is 0 Å². The van der Waals surface area contributed by atoms with Crippen molar-refractivity contribution in [2.24, 2.45) is 5.92 Å². The van der Waals surface area contributed by atoms with E-state index in [1.165, 1.54) is 0 Å². The quantitative estimate of drug-likeness (QED) is 0.614. The van der Waals surface area contributed by atoms with Crippen LogP contribution in [0.5, 0.6) is 0 Å². The third kappa shape index (κ3) is 3.44. The maximum atomic E-state index is 11.1. The molecule has 4 heteroatoms. The lowest BCUT2D eigenvalue weighted by Crippen LogP contribution is -2.19. The standard InChI is InChI=1S/C9H14O4/c1-6(2)3-9(11)13-7-4-8(10)12-5-7/h6-7H,3-5H2,1-2H3. The summed E-state index contributed by atoms with van der Waals surface area (Å²) >= 11 is 0. The molecule has 1 heterocycles. The minimum absolute atomic E-state index is 0.198. The molecule has 1 atom stereocenters. The van der Waals surface area contributed by atoms with Gasteiger partial charge in [0.1, 0.15) is 12.7 Å². The molecule has 1 saturated heterocycles. The highest BCUT2D eigenvalue weighted by Crippen LogP contribution is 2.12. The number of esters is 2. The molecule has 4 nitrogen and oxygen atoms in total. The van der Waals surface area contributed by atoms with E-state index < -0.39 is 0 Å². The maximum Gasteiger partial charge on any atom is 0.309 e. The second kappa shape index (κ2) is 4.25. The van der Waals surface area contributed by atoms with E-state index in [-0.39, 0.29) is 37.0 Å². The Bertz CT molecular complexity index is 210. The average molecular weight is 186 g/mol. The van der Waals surface area contributed by atoms with Crippen LogP contribution >= 0.6 is 0 Å². The van der Waals surface area contributed by atoms with Crippen LogP contribution in [0.2, 0.25) is 0 Å². The molecule has 0 spiro atoms. The fourth-order valence-corrected chi connectivity index (χ4v) is 1.13. The molecule has 13 heavy (non-hydrogen) atoms. The first kappa shape index (κ1) is 10.0. The lowest BCUT2D eigenvalue weighted by Gasteiger charge is -2.09. The Morgan fingerprint density at radius 2 is 2.38 bits per heavy atom. The highest BCUT2D eigenvalue weighted by Gasteiger charge is 2.26. The molecule has 0 radical (unpaired) electrons. The molecule has 0 aromatic heterocycles. The first-order valence-electron chi connectivity index (χ1n) is 4.43. The van der Waals surface area contributed by atoms with Crippen molar-refractivity contribution < 1.29 is 19.1 Å². The van der Waals surface area contributed by atoms with Crippen molar-refractivity contribution in [1.82, 2.24) is 0 Å². The number of ether oxygens (including phenoxy) is 2. The molecule has 0 amide bonds. The molecule has 1 aliphatic heterocycles. The van der Waals surface area contributed by atoms with E-state index in [4.69, 9.17) is 4.74 Å². The topological polar surface area (TPSA) is 52.6 Å². The van der Waals surface area contributed by atoms with E-state index in [0.29, 0.717) is 6.42 Å². The summed E-state index contributed by atoms with van der Waals surface area (Å²) in [6.45, 7) is 4.10. The number of cyclic esters (lactones) is 1. The highest BCUT2D eigenvalue weighted by atomic mass is 16.6. The summed E-state index contributed by atoms with van der Waals surface area (Å²) in [7, 11) is 0. The van der Waals surface area contributed by atoms with Crippen molar-refractivity contribution in [3.8, 4) is 0 Å².